The lowest BCUT2D eigenvalue weighted by molar-refractivity contribution is -0.143. The van der Waals surface area contributed by atoms with Crippen molar-refractivity contribution in [2.45, 2.75) is 24.3 Å². The molecule has 2 atom stereocenters. The van der Waals surface area contributed by atoms with Gasteiger partial charge in [-0.3, -0.25) is 4.79 Å². The Morgan fingerprint density at radius 3 is 2.08 bits per heavy atom. The van der Waals surface area contributed by atoms with Gasteiger partial charge in [-0.2, -0.15) is 26.3 Å². The number of alkyl halides is 6. The van der Waals surface area contributed by atoms with Crippen LogP contribution in [0.1, 0.15) is 21.9 Å². The number of halogens is 6. The standard InChI is InChI=1S/C17H11F6NOS/c18-16(19,20)9-6-10(17(21,22)23)8-11(7-9)24-12-3-4-13(25)15(12)14-2-1-5-26-14/h1-8,12,15,24H/t12-,15+/m1/s1. The number of ketones is 1. The second kappa shape index (κ2) is 6.46. The SMILES string of the molecule is O=C1C=C[C@@H](Nc2cc(C(F)(F)F)cc(C(F)(F)F)c2)[C@@H]1c1cccs1. The first-order valence-corrected chi connectivity index (χ1v) is 8.25. The Balaban J connectivity index is 1.96. The number of allylic oxidation sites excluding steroid dienone is 1. The summed E-state index contributed by atoms with van der Waals surface area (Å²) >= 11 is 1.29. The highest BCUT2D eigenvalue weighted by atomic mass is 32.1. The Morgan fingerprint density at radius 2 is 1.58 bits per heavy atom. The smallest absolute Gasteiger partial charge is 0.378 e. The maximum atomic E-state index is 13.0. The van der Waals surface area contributed by atoms with Crippen LogP contribution in [0.5, 0.6) is 0 Å². The van der Waals surface area contributed by atoms with Crippen molar-refractivity contribution in [3.8, 4) is 0 Å². The first kappa shape index (κ1) is 18.5. The molecule has 1 aliphatic rings. The van der Waals surface area contributed by atoms with Crippen LogP contribution in [0.15, 0.2) is 47.9 Å². The molecule has 1 heterocycles. The zero-order chi connectivity index (χ0) is 19.1. The maximum Gasteiger partial charge on any atom is 0.416 e. The predicted molar refractivity (Wildman–Crippen MR) is 85.1 cm³/mol. The van der Waals surface area contributed by atoms with Crippen LogP contribution in [-0.4, -0.2) is 11.8 Å². The summed E-state index contributed by atoms with van der Waals surface area (Å²) in [5.41, 5.74) is -3.16. The molecule has 138 valence electrons. The van der Waals surface area contributed by atoms with Gasteiger partial charge in [0, 0.05) is 10.6 Å². The maximum absolute atomic E-state index is 13.0. The van der Waals surface area contributed by atoms with Crippen LogP contribution in [0, 0.1) is 0 Å². The average molecular weight is 391 g/mol. The molecule has 0 fully saturated rings. The van der Waals surface area contributed by atoms with Gasteiger partial charge in [-0.15, -0.1) is 11.3 Å². The van der Waals surface area contributed by atoms with E-state index in [1.54, 1.807) is 17.5 Å². The molecule has 0 radical (unpaired) electrons. The van der Waals surface area contributed by atoms with Gasteiger partial charge >= 0.3 is 12.4 Å². The van der Waals surface area contributed by atoms with Crippen LogP contribution in [-0.2, 0) is 17.1 Å². The highest BCUT2D eigenvalue weighted by Gasteiger charge is 2.38. The van der Waals surface area contributed by atoms with Crippen molar-refractivity contribution in [1.29, 1.82) is 0 Å². The summed E-state index contributed by atoms with van der Waals surface area (Å²) in [7, 11) is 0. The van der Waals surface area contributed by atoms with Crippen LogP contribution >= 0.6 is 11.3 Å². The zero-order valence-electron chi connectivity index (χ0n) is 12.9. The van der Waals surface area contributed by atoms with Crippen LogP contribution < -0.4 is 5.32 Å². The summed E-state index contributed by atoms with van der Waals surface area (Å²) in [6, 6.07) is 3.97. The monoisotopic (exact) mass is 391 g/mol. The van der Waals surface area contributed by atoms with E-state index in [0.717, 1.165) is 0 Å². The Morgan fingerprint density at radius 1 is 0.962 bits per heavy atom. The van der Waals surface area contributed by atoms with Crippen molar-refractivity contribution in [3.63, 3.8) is 0 Å². The summed E-state index contributed by atoms with van der Waals surface area (Å²) in [4.78, 5) is 12.7. The van der Waals surface area contributed by atoms with E-state index in [1.165, 1.54) is 23.5 Å². The highest BCUT2D eigenvalue weighted by Crippen LogP contribution is 2.39. The first-order chi connectivity index (χ1) is 12.1. The van der Waals surface area contributed by atoms with Crippen molar-refractivity contribution >= 4 is 22.8 Å². The topological polar surface area (TPSA) is 29.1 Å². The fourth-order valence-electron chi connectivity index (χ4n) is 2.74. The van der Waals surface area contributed by atoms with E-state index in [-0.39, 0.29) is 17.5 Å². The highest BCUT2D eigenvalue weighted by molar-refractivity contribution is 7.10. The molecule has 1 aromatic carbocycles. The summed E-state index contributed by atoms with van der Waals surface area (Å²) in [6.07, 6.45) is -7.13. The van der Waals surface area contributed by atoms with Gasteiger partial charge in [-0.25, -0.2) is 0 Å². The number of rotatable bonds is 3. The van der Waals surface area contributed by atoms with Crippen LogP contribution in [0.4, 0.5) is 32.0 Å². The average Bonchev–Trinajstić information content (AvgIpc) is 3.15. The number of hydrogen-bond acceptors (Lipinski definition) is 3. The lowest BCUT2D eigenvalue weighted by Gasteiger charge is -2.21. The Labute approximate surface area is 148 Å². The van der Waals surface area contributed by atoms with E-state index in [1.807, 2.05) is 0 Å². The summed E-state index contributed by atoms with van der Waals surface area (Å²) < 4.78 is 77.7. The minimum Gasteiger partial charge on any atom is -0.378 e. The number of benzene rings is 1. The van der Waals surface area contributed by atoms with Crippen LogP contribution in [0.2, 0.25) is 0 Å². The molecule has 9 heteroatoms. The van der Waals surface area contributed by atoms with E-state index >= 15 is 0 Å². The molecule has 0 aliphatic heterocycles. The van der Waals surface area contributed by atoms with Gasteiger partial charge in [0.25, 0.3) is 0 Å². The molecule has 0 saturated heterocycles. The summed E-state index contributed by atoms with van der Waals surface area (Å²) in [5.74, 6) is -0.938. The molecule has 1 aliphatic carbocycles. The first-order valence-electron chi connectivity index (χ1n) is 7.37. The zero-order valence-corrected chi connectivity index (χ0v) is 13.7. The molecule has 0 bridgehead atoms. The molecule has 2 nitrogen and oxygen atoms in total. The fraction of sp³-hybridized carbons (Fsp3) is 0.235. The summed E-state index contributed by atoms with van der Waals surface area (Å²) in [5, 5.41) is 4.37. The van der Waals surface area contributed by atoms with E-state index in [2.05, 4.69) is 5.32 Å². The number of hydrogen-bond donors (Lipinski definition) is 1. The lowest BCUT2D eigenvalue weighted by atomic mass is 9.99. The Kier molecular flexibility index (Phi) is 4.60. The van der Waals surface area contributed by atoms with E-state index in [0.29, 0.717) is 17.0 Å². The largest absolute Gasteiger partial charge is 0.416 e. The number of thiophene rings is 1. The minimum absolute atomic E-state index is 0.0670. The number of carbonyl (C=O) groups is 1. The van der Waals surface area contributed by atoms with Crippen LogP contribution in [0.3, 0.4) is 0 Å². The minimum atomic E-state index is -4.92. The molecule has 1 N–H and O–H groups in total. The fourth-order valence-corrected chi connectivity index (χ4v) is 3.62. The molecule has 0 amide bonds. The summed E-state index contributed by atoms with van der Waals surface area (Å²) in [6.45, 7) is 0. The molecule has 3 rings (SSSR count). The van der Waals surface area contributed by atoms with Gasteiger partial charge in [-0.05, 0) is 35.7 Å². The number of nitrogens with one attached hydrogen (secondary N) is 1. The molecular formula is C17H11F6NOS. The second-order valence-electron chi connectivity index (χ2n) is 5.72. The molecular weight excluding hydrogens is 380 g/mol. The van der Waals surface area contributed by atoms with Crippen LogP contribution in [0.25, 0.3) is 0 Å². The van der Waals surface area contributed by atoms with Crippen molar-refractivity contribution in [2.24, 2.45) is 0 Å². The quantitative estimate of drug-likeness (QED) is 0.701. The van der Waals surface area contributed by atoms with Gasteiger partial charge in [-0.1, -0.05) is 12.1 Å². The molecule has 1 aromatic heterocycles. The Hall–Kier alpha value is -2.29. The molecule has 0 unspecified atom stereocenters. The van der Waals surface area contributed by atoms with Gasteiger partial charge in [0.15, 0.2) is 5.78 Å². The number of carbonyl (C=O) groups excluding carboxylic acids is 1. The predicted octanol–water partition coefficient (Wildman–Crippen LogP) is 5.49. The molecule has 26 heavy (non-hydrogen) atoms. The Bertz CT molecular complexity index is 806. The van der Waals surface area contributed by atoms with E-state index < -0.39 is 35.4 Å². The third-order valence-electron chi connectivity index (χ3n) is 3.90. The van der Waals surface area contributed by atoms with Crippen molar-refractivity contribution in [3.05, 3.63) is 63.9 Å². The van der Waals surface area contributed by atoms with Gasteiger partial charge in [0.1, 0.15) is 0 Å². The molecule has 0 saturated carbocycles. The normalized spacial score (nSPS) is 20.6. The molecule has 2 aromatic rings. The van der Waals surface area contributed by atoms with Crippen molar-refractivity contribution in [1.82, 2.24) is 0 Å². The molecule has 0 spiro atoms. The van der Waals surface area contributed by atoms with Crippen molar-refractivity contribution in [2.75, 3.05) is 5.32 Å². The second-order valence-corrected chi connectivity index (χ2v) is 6.70. The van der Waals surface area contributed by atoms with Gasteiger partial charge in [0.05, 0.1) is 23.1 Å². The lowest BCUT2D eigenvalue weighted by Crippen LogP contribution is -2.26. The number of anilines is 1. The third kappa shape index (κ3) is 3.77. The van der Waals surface area contributed by atoms with Crippen molar-refractivity contribution < 1.29 is 31.1 Å². The third-order valence-corrected chi connectivity index (χ3v) is 4.86. The van der Waals surface area contributed by atoms with E-state index in [9.17, 15) is 31.1 Å². The van der Waals surface area contributed by atoms with E-state index in [4.69, 9.17) is 0 Å². The van der Waals surface area contributed by atoms with Gasteiger partial charge < -0.3 is 5.32 Å². The van der Waals surface area contributed by atoms with Gasteiger partial charge in [0.2, 0.25) is 0 Å².